The fourth-order valence-electron chi connectivity index (χ4n) is 6.16. The Bertz CT molecular complexity index is 2240. The summed E-state index contributed by atoms with van der Waals surface area (Å²) in [6.07, 6.45) is 0. The Morgan fingerprint density at radius 2 is 0.674 bits per heavy atom. The van der Waals surface area contributed by atoms with E-state index >= 15 is 0 Å². The largest absolute Gasteiger partial charge is 0.298 e. The molecular weight excluding hydrogens is 560 g/mol. The van der Waals surface area contributed by atoms with Crippen molar-refractivity contribution in [1.29, 1.82) is 10.8 Å². The smallest absolute Gasteiger partial charge is 0.0979 e. The molecule has 2 N–H and O–H groups in total. The van der Waals surface area contributed by atoms with Crippen molar-refractivity contribution in [3.8, 4) is 22.3 Å². The molecule has 0 atom stereocenters. The van der Waals surface area contributed by atoms with Gasteiger partial charge in [-0.15, -0.1) is 0 Å². The molecule has 0 saturated carbocycles. The van der Waals surface area contributed by atoms with Crippen LogP contribution in [0.5, 0.6) is 0 Å². The highest BCUT2D eigenvalue weighted by Crippen LogP contribution is 2.34. The number of hydrogen-bond donors (Lipinski definition) is 2. The van der Waals surface area contributed by atoms with Gasteiger partial charge in [0, 0.05) is 21.9 Å². The van der Waals surface area contributed by atoms with Crippen molar-refractivity contribution < 1.29 is 0 Å². The van der Waals surface area contributed by atoms with Crippen LogP contribution in [0.2, 0.25) is 0 Å². The molecule has 46 heavy (non-hydrogen) atoms. The van der Waals surface area contributed by atoms with Crippen molar-refractivity contribution in [2.45, 2.75) is 0 Å². The molecule has 0 aliphatic rings. The number of rotatable bonds is 6. The second kappa shape index (κ2) is 11.3. The molecule has 0 spiro atoms. The molecule has 4 heteroatoms. The number of aromatic nitrogens is 2. The third-order valence-corrected chi connectivity index (χ3v) is 8.60. The summed E-state index contributed by atoms with van der Waals surface area (Å²) in [4.78, 5) is 10.1. The lowest BCUT2D eigenvalue weighted by atomic mass is 9.97. The SMILES string of the molecule is N=C(c1ccc(-c2ccccc2)cc1)c1ccc2c3ccccc3c3ccc(C(=N)c4ccc(-c5ccccc5)cc4)nc3c2n1. The first-order valence-electron chi connectivity index (χ1n) is 15.3. The van der Waals surface area contributed by atoms with Gasteiger partial charge in [-0.2, -0.15) is 0 Å². The zero-order chi connectivity index (χ0) is 31.0. The van der Waals surface area contributed by atoms with Crippen LogP contribution in [-0.4, -0.2) is 21.4 Å². The standard InChI is InChI=1S/C42H28N4/c43-39(31-19-15-29(16-20-31)27-9-3-1-4-10-27)37-25-23-35-33-13-7-8-14-34(33)36-24-26-38(46-42(36)41(35)45-37)40(44)32-21-17-30(18-22-32)28-11-5-2-6-12-28/h1-26,43-44H. The summed E-state index contributed by atoms with van der Waals surface area (Å²) in [5.74, 6) is 0. The van der Waals surface area contributed by atoms with Gasteiger partial charge >= 0.3 is 0 Å². The van der Waals surface area contributed by atoms with Crippen LogP contribution >= 0.6 is 0 Å². The van der Waals surface area contributed by atoms with Crippen LogP contribution < -0.4 is 0 Å². The monoisotopic (exact) mass is 588 g/mol. The average molecular weight is 589 g/mol. The van der Waals surface area contributed by atoms with Crippen molar-refractivity contribution in [2.24, 2.45) is 0 Å². The maximum atomic E-state index is 9.08. The molecule has 0 saturated heterocycles. The number of pyridine rings is 2. The fraction of sp³-hybridized carbons (Fsp3) is 0. The molecule has 2 aromatic heterocycles. The van der Waals surface area contributed by atoms with E-state index in [1.165, 1.54) is 0 Å². The normalized spacial score (nSPS) is 11.2. The first kappa shape index (κ1) is 27.3. The average Bonchev–Trinajstić information content (AvgIpc) is 3.15. The van der Waals surface area contributed by atoms with E-state index in [1.807, 2.05) is 97.1 Å². The van der Waals surface area contributed by atoms with E-state index in [1.54, 1.807) is 0 Å². The molecule has 0 bridgehead atoms. The lowest BCUT2D eigenvalue weighted by Crippen LogP contribution is -2.06. The van der Waals surface area contributed by atoms with Gasteiger partial charge in [-0.1, -0.05) is 133 Å². The van der Waals surface area contributed by atoms with E-state index in [0.717, 1.165) is 66.0 Å². The zero-order valence-electron chi connectivity index (χ0n) is 24.9. The molecule has 0 radical (unpaired) electrons. The van der Waals surface area contributed by atoms with Crippen LogP contribution in [0.25, 0.3) is 54.8 Å². The van der Waals surface area contributed by atoms with Gasteiger partial charge in [-0.05, 0) is 57.3 Å². The van der Waals surface area contributed by atoms with Crippen molar-refractivity contribution in [1.82, 2.24) is 9.97 Å². The lowest BCUT2D eigenvalue weighted by molar-refractivity contribution is 1.30. The maximum Gasteiger partial charge on any atom is 0.0979 e. The minimum Gasteiger partial charge on any atom is -0.298 e. The molecule has 0 amide bonds. The van der Waals surface area contributed by atoms with Gasteiger partial charge < -0.3 is 0 Å². The number of hydrogen-bond acceptors (Lipinski definition) is 4. The maximum absolute atomic E-state index is 9.08. The fourth-order valence-corrected chi connectivity index (χ4v) is 6.16. The molecular formula is C42H28N4. The summed E-state index contributed by atoms with van der Waals surface area (Å²) in [5.41, 5.74) is 9.41. The predicted octanol–water partition coefficient (Wildman–Crippen LogP) is 10.1. The van der Waals surface area contributed by atoms with Gasteiger partial charge in [-0.25, -0.2) is 9.97 Å². The highest BCUT2D eigenvalue weighted by molar-refractivity contribution is 6.24. The molecule has 0 unspecified atom stereocenters. The molecule has 8 rings (SSSR count). The lowest BCUT2D eigenvalue weighted by Gasteiger charge is -2.13. The van der Waals surface area contributed by atoms with E-state index in [4.69, 9.17) is 20.8 Å². The van der Waals surface area contributed by atoms with Gasteiger partial charge in [0.25, 0.3) is 0 Å². The summed E-state index contributed by atoms with van der Waals surface area (Å²) >= 11 is 0. The second-order valence-electron chi connectivity index (χ2n) is 11.4. The summed E-state index contributed by atoms with van der Waals surface area (Å²) in [6.45, 7) is 0. The first-order valence-corrected chi connectivity index (χ1v) is 15.3. The van der Waals surface area contributed by atoms with Gasteiger partial charge in [-0.3, -0.25) is 10.8 Å². The Morgan fingerprint density at radius 1 is 0.326 bits per heavy atom. The topological polar surface area (TPSA) is 73.5 Å². The Labute approximate surface area is 266 Å². The van der Waals surface area contributed by atoms with Crippen LogP contribution in [-0.2, 0) is 0 Å². The number of fused-ring (bicyclic) bond motifs is 6. The van der Waals surface area contributed by atoms with Crippen molar-refractivity contribution in [2.75, 3.05) is 0 Å². The number of benzene rings is 6. The Hall–Kier alpha value is -6.26. The summed E-state index contributed by atoms with van der Waals surface area (Å²) < 4.78 is 0. The van der Waals surface area contributed by atoms with E-state index in [-0.39, 0.29) is 0 Å². The molecule has 0 fully saturated rings. The minimum absolute atomic E-state index is 0.352. The molecule has 6 aromatic carbocycles. The molecule has 0 aliphatic carbocycles. The molecule has 4 nitrogen and oxygen atoms in total. The Kier molecular flexibility index (Phi) is 6.73. The van der Waals surface area contributed by atoms with Gasteiger partial charge in [0.2, 0.25) is 0 Å². The zero-order valence-corrected chi connectivity index (χ0v) is 24.9. The van der Waals surface area contributed by atoms with Crippen molar-refractivity contribution >= 4 is 44.0 Å². The van der Waals surface area contributed by atoms with Crippen LogP contribution in [0.4, 0.5) is 0 Å². The predicted molar refractivity (Wildman–Crippen MR) is 190 cm³/mol. The quantitative estimate of drug-likeness (QED) is 0.150. The van der Waals surface area contributed by atoms with E-state index in [0.29, 0.717) is 22.8 Å². The third-order valence-electron chi connectivity index (χ3n) is 8.60. The van der Waals surface area contributed by atoms with Crippen LogP contribution in [0, 0.1) is 10.8 Å². The molecule has 216 valence electrons. The minimum atomic E-state index is 0.352. The van der Waals surface area contributed by atoms with E-state index in [9.17, 15) is 0 Å². The van der Waals surface area contributed by atoms with Crippen LogP contribution in [0.1, 0.15) is 22.5 Å². The second-order valence-corrected chi connectivity index (χ2v) is 11.4. The highest BCUT2D eigenvalue weighted by Gasteiger charge is 2.16. The number of nitrogens with zero attached hydrogens (tertiary/aromatic N) is 2. The molecule has 8 aromatic rings. The Morgan fingerprint density at radius 3 is 1.07 bits per heavy atom. The van der Waals surface area contributed by atoms with Crippen molar-refractivity contribution in [3.05, 3.63) is 180 Å². The number of nitrogens with one attached hydrogen (secondary N) is 2. The van der Waals surface area contributed by atoms with Gasteiger partial charge in [0.1, 0.15) is 0 Å². The first-order chi connectivity index (χ1) is 22.6. The summed E-state index contributed by atoms with van der Waals surface area (Å²) in [5, 5.41) is 22.3. The third kappa shape index (κ3) is 4.83. The van der Waals surface area contributed by atoms with Gasteiger partial charge in [0.05, 0.1) is 33.8 Å². The van der Waals surface area contributed by atoms with E-state index < -0.39 is 0 Å². The highest BCUT2D eigenvalue weighted by atomic mass is 14.8. The molecule has 2 heterocycles. The van der Waals surface area contributed by atoms with E-state index in [2.05, 4.69) is 60.7 Å². The summed E-state index contributed by atoms with van der Waals surface area (Å²) in [7, 11) is 0. The van der Waals surface area contributed by atoms with Crippen LogP contribution in [0.15, 0.2) is 158 Å². The Balaban J connectivity index is 1.21. The van der Waals surface area contributed by atoms with Crippen molar-refractivity contribution in [3.63, 3.8) is 0 Å². The summed E-state index contributed by atoms with van der Waals surface area (Å²) in [6, 6.07) is 52.8. The van der Waals surface area contributed by atoms with Crippen LogP contribution in [0.3, 0.4) is 0 Å². The van der Waals surface area contributed by atoms with Gasteiger partial charge in [0.15, 0.2) is 0 Å². The molecule has 0 aliphatic heterocycles.